The maximum atomic E-state index is 10.4. The molecular formula is C6H7O3. The number of hydrogen-bond donors (Lipinski definition) is 0. The molecule has 0 fully saturated rings. The lowest BCUT2D eigenvalue weighted by Gasteiger charge is -2.04. The Kier molecular flexibility index (Phi) is 1.42. The molecule has 1 unspecified atom stereocenters. The van der Waals surface area contributed by atoms with Gasteiger partial charge in [-0.05, 0) is 6.92 Å². The van der Waals surface area contributed by atoms with Crippen LogP contribution in [0.1, 0.15) is 6.92 Å². The first-order chi connectivity index (χ1) is 4.20. The van der Waals surface area contributed by atoms with Gasteiger partial charge in [-0.1, -0.05) is 0 Å². The summed E-state index contributed by atoms with van der Waals surface area (Å²) in [6.07, 6.45) is 0.596. The van der Waals surface area contributed by atoms with Gasteiger partial charge in [0.25, 0.3) is 6.29 Å². The van der Waals surface area contributed by atoms with Gasteiger partial charge in [0.1, 0.15) is 12.0 Å². The monoisotopic (exact) mass is 127 g/mol. The van der Waals surface area contributed by atoms with E-state index in [1.807, 2.05) is 0 Å². The van der Waals surface area contributed by atoms with E-state index in [9.17, 15) is 4.79 Å². The van der Waals surface area contributed by atoms with Gasteiger partial charge in [-0.25, -0.2) is 0 Å². The fourth-order valence-corrected chi connectivity index (χ4v) is 0.524. The molecule has 0 amide bonds. The molecule has 0 N–H and O–H groups in total. The van der Waals surface area contributed by atoms with E-state index < -0.39 is 6.29 Å². The van der Waals surface area contributed by atoms with Crippen LogP contribution < -0.4 is 0 Å². The number of carbonyl (C=O) groups is 1. The summed E-state index contributed by atoms with van der Waals surface area (Å²) in [5.41, 5.74) is 0. The number of rotatable bonds is 1. The van der Waals surface area contributed by atoms with E-state index in [-0.39, 0.29) is 5.78 Å². The Morgan fingerprint density at radius 3 is 2.78 bits per heavy atom. The van der Waals surface area contributed by atoms with Gasteiger partial charge in [-0.3, -0.25) is 4.79 Å². The molecule has 0 aromatic rings. The molecule has 1 radical (unpaired) electrons. The van der Waals surface area contributed by atoms with Gasteiger partial charge in [0.15, 0.2) is 0 Å². The van der Waals surface area contributed by atoms with E-state index in [1.165, 1.54) is 6.26 Å². The van der Waals surface area contributed by atoms with Crippen molar-refractivity contribution in [2.24, 2.45) is 0 Å². The second-order valence-corrected chi connectivity index (χ2v) is 1.78. The minimum atomic E-state index is -0.801. The van der Waals surface area contributed by atoms with Crippen LogP contribution in [0.3, 0.4) is 0 Å². The first-order valence-corrected chi connectivity index (χ1v) is 2.55. The smallest absolute Gasteiger partial charge is 0.299 e. The normalized spacial score (nSPS) is 24.2. The van der Waals surface area contributed by atoms with E-state index in [1.54, 1.807) is 6.92 Å². The van der Waals surface area contributed by atoms with Crippen molar-refractivity contribution in [2.45, 2.75) is 13.2 Å². The summed E-state index contributed by atoms with van der Waals surface area (Å²) >= 11 is 0. The Morgan fingerprint density at radius 1 is 1.89 bits per heavy atom. The predicted octanol–water partition coefficient (Wildman–Crippen LogP) is 0.624. The number of allylic oxidation sites excluding steroid dienone is 1. The molecule has 0 spiro atoms. The Bertz CT molecular complexity index is 160. The highest BCUT2D eigenvalue weighted by Gasteiger charge is 2.20. The average molecular weight is 127 g/mol. The number of carbonyl (C=O) groups excluding carboxylic acids is 1. The Hall–Kier alpha value is -0.990. The molecule has 3 heteroatoms. The van der Waals surface area contributed by atoms with E-state index in [2.05, 4.69) is 6.92 Å². The maximum Gasteiger partial charge on any atom is 0.299 e. The minimum Gasteiger partial charge on any atom is -0.452 e. The summed E-state index contributed by atoms with van der Waals surface area (Å²) in [7, 11) is 0. The number of ether oxygens (including phenoxy) is 2. The molecule has 0 aromatic heterocycles. The van der Waals surface area contributed by atoms with Crippen molar-refractivity contribution in [3.05, 3.63) is 18.9 Å². The predicted molar refractivity (Wildman–Crippen MR) is 30.1 cm³/mol. The van der Waals surface area contributed by atoms with Gasteiger partial charge in [0.2, 0.25) is 5.78 Å². The zero-order valence-electron chi connectivity index (χ0n) is 5.09. The molecule has 3 nitrogen and oxygen atoms in total. The summed E-state index contributed by atoms with van der Waals surface area (Å²) in [6.45, 7) is 4.84. The first kappa shape index (κ1) is 6.13. The van der Waals surface area contributed by atoms with E-state index >= 15 is 0 Å². The molecule has 1 rings (SSSR count). The van der Waals surface area contributed by atoms with Crippen LogP contribution in [0.5, 0.6) is 0 Å². The van der Waals surface area contributed by atoms with Crippen molar-refractivity contribution < 1.29 is 14.3 Å². The van der Waals surface area contributed by atoms with Gasteiger partial charge in [0.05, 0.1) is 0 Å². The molecule has 1 atom stereocenters. The first-order valence-electron chi connectivity index (χ1n) is 2.55. The lowest BCUT2D eigenvalue weighted by atomic mass is 10.4. The van der Waals surface area contributed by atoms with Crippen molar-refractivity contribution in [2.75, 3.05) is 0 Å². The van der Waals surface area contributed by atoms with Crippen molar-refractivity contribution in [3.8, 4) is 0 Å². The third kappa shape index (κ3) is 1.22. The molecular weight excluding hydrogens is 120 g/mol. The topological polar surface area (TPSA) is 35.5 Å². The highest BCUT2D eigenvalue weighted by atomic mass is 16.7. The Balaban J connectivity index is 2.47. The molecule has 1 aliphatic rings. The fourth-order valence-electron chi connectivity index (χ4n) is 0.524. The molecule has 1 heterocycles. The maximum absolute atomic E-state index is 10.4. The van der Waals surface area contributed by atoms with E-state index in [0.717, 1.165) is 0 Å². The molecule has 1 aliphatic heterocycles. The second-order valence-electron chi connectivity index (χ2n) is 1.78. The summed E-state index contributed by atoms with van der Waals surface area (Å²) in [5.74, 6) is 0.250. The van der Waals surface area contributed by atoms with Gasteiger partial charge in [0, 0.05) is 6.92 Å². The SMILES string of the molecule is [CH2]C(=O)C1OC=C(C)O1. The van der Waals surface area contributed by atoms with Gasteiger partial charge in [-0.15, -0.1) is 0 Å². The van der Waals surface area contributed by atoms with Gasteiger partial charge >= 0.3 is 0 Å². The van der Waals surface area contributed by atoms with Crippen LogP contribution in [0, 0.1) is 6.92 Å². The summed E-state index contributed by atoms with van der Waals surface area (Å²) < 4.78 is 9.58. The Labute approximate surface area is 53.3 Å². The number of hydrogen-bond acceptors (Lipinski definition) is 3. The largest absolute Gasteiger partial charge is 0.452 e. The molecule has 0 bridgehead atoms. The summed E-state index contributed by atoms with van der Waals surface area (Å²) in [6, 6.07) is 0. The van der Waals surface area contributed by atoms with Crippen LogP contribution >= 0.6 is 0 Å². The zero-order valence-corrected chi connectivity index (χ0v) is 5.09. The molecule has 0 aromatic carbocycles. The van der Waals surface area contributed by atoms with Crippen LogP contribution in [0.2, 0.25) is 0 Å². The third-order valence-electron chi connectivity index (χ3n) is 0.913. The number of ketones is 1. The van der Waals surface area contributed by atoms with E-state index in [0.29, 0.717) is 5.76 Å². The van der Waals surface area contributed by atoms with Gasteiger partial charge < -0.3 is 9.47 Å². The minimum absolute atomic E-state index is 0.358. The lowest BCUT2D eigenvalue weighted by Crippen LogP contribution is -2.18. The lowest BCUT2D eigenvalue weighted by molar-refractivity contribution is -0.137. The van der Waals surface area contributed by atoms with Crippen molar-refractivity contribution in [3.63, 3.8) is 0 Å². The zero-order chi connectivity index (χ0) is 6.85. The average Bonchev–Trinajstić information content (AvgIpc) is 2.14. The Morgan fingerprint density at radius 2 is 2.56 bits per heavy atom. The highest BCUT2D eigenvalue weighted by Crippen LogP contribution is 2.12. The second kappa shape index (κ2) is 2.09. The van der Waals surface area contributed by atoms with Crippen LogP contribution in [-0.4, -0.2) is 12.1 Å². The number of Topliss-reactive ketones (excluding diaryl/α,β-unsaturated/α-hetero) is 1. The molecule has 0 saturated carbocycles. The van der Waals surface area contributed by atoms with Crippen molar-refractivity contribution in [1.82, 2.24) is 0 Å². The third-order valence-corrected chi connectivity index (χ3v) is 0.913. The van der Waals surface area contributed by atoms with Crippen LogP contribution in [0.15, 0.2) is 12.0 Å². The van der Waals surface area contributed by atoms with Crippen LogP contribution in [0.25, 0.3) is 0 Å². The van der Waals surface area contributed by atoms with Crippen molar-refractivity contribution in [1.29, 1.82) is 0 Å². The van der Waals surface area contributed by atoms with Crippen molar-refractivity contribution >= 4 is 5.78 Å². The molecule has 9 heavy (non-hydrogen) atoms. The summed E-state index contributed by atoms with van der Waals surface area (Å²) in [4.78, 5) is 10.4. The highest BCUT2D eigenvalue weighted by molar-refractivity contribution is 5.86. The molecule has 0 saturated heterocycles. The standard InChI is InChI=1S/C6H7O3/c1-4-3-8-6(9-4)5(2)7/h3,6H,2H2,1H3. The van der Waals surface area contributed by atoms with E-state index in [4.69, 9.17) is 9.47 Å². The quantitative estimate of drug-likeness (QED) is 0.518. The molecule has 0 aliphatic carbocycles. The molecule has 49 valence electrons. The van der Waals surface area contributed by atoms with Gasteiger partial charge in [-0.2, -0.15) is 0 Å². The summed E-state index contributed by atoms with van der Waals surface area (Å²) in [5, 5.41) is 0. The fraction of sp³-hybridized carbons (Fsp3) is 0.333. The van der Waals surface area contributed by atoms with Crippen LogP contribution in [0.4, 0.5) is 0 Å². The van der Waals surface area contributed by atoms with Crippen LogP contribution in [-0.2, 0) is 14.3 Å².